The third-order valence-electron chi connectivity index (χ3n) is 3.52. The van der Waals surface area contributed by atoms with Crippen LogP contribution in [0.25, 0.3) is 0 Å². The van der Waals surface area contributed by atoms with E-state index >= 15 is 0 Å². The molecule has 0 spiro atoms. The zero-order valence-electron chi connectivity index (χ0n) is 15.8. The van der Waals surface area contributed by atoms with Gasteiger partial charge in [-0.1, -0.05) is 0 Å². The fourth-order valence-electron chi connectivity index (χ4n) is 2.46. The molecule has 0 aliphatic heterocycles. The van der Waals surface area contributed by atoms with Crippen molar-refractivity contribution in [2.75, 3.05) is 25.1 Å². The fraction of sp³-hybridized carbons (Fsp3) is 0.368. The summed E-state index contributed by atoms with van der Waals surface area (Å²) >= 11 is 1.01. The smallest absolute Gasteiger partial charge is 0.346 e. The molecule has 7 nitrogen and oxygen atoms in total. The van der Waals surface area contributed by atoms with E-state index in [-0.39, 0.29) is 4.88 Å². The standard InChI is InChI=1S/C19H23NO6S/c1-5-24-13-9-12(10-14(25-6-2)16(13)26-7-3)18(21)20-15-8-11(4)17(27-15)19(22)23/h8-10H,5-7H2,1-4H3,(H,20,21)(H,22,23). The number of ether oxygens (including phenoxy) is 3. The molecule has 0 saturated heterocycles. The van der Waals surface area contributed by atoms with Gasteiger partial charge in [-0.25, -0.2) is 4.79 Å². The van der Waals surface area contributed by atoms with E-state index in [1.807, 2.05) is 20.8 Å². The van der Waals surface area contributed by atoms with Crippen LogP contribution in [-0.2, 0) is 0 Å². The van der Waals surface area contributed by atoms with Crippen LogP contribution in [0.1, 0.15) is 46.4 Å². The van der Waals surface area contributed by atoms with E-state index in [1.165, 1.54) is 0 Å². The Morgan fingerprint density at radius 2 is 1.56 bits per heavy atom. The Balaban J connectivity index is 2.36. The second-order valence-electron chi connectivity index (χ2n) is 5.48. The summed E-state index contributed by atoms with van der Waals surface area (Å²) in [6, 6.07) is 4.81. The van der Waals surface area contributed by atoms with Gasteiger partial charge in [0.1, 0.15) is 4.88 Å². The third kappa shape index (κ3) is 4.91. The van der Waals surface area contributed by atoms with Crippen LogP contribution in [0.15, 0.2) is 18.2 Å². The normalized spacial score (nSPS) is 10.4. The highest BCUT2D eigenvalue weighted by Gasteiger charge is 2.20. The Morgan fingerprint density at radius 3 is 2.00 bits per heavy atom. The number of carbonyl (C=O) groups excluding carboxylic acids is 1. The predicted octanol–water partition coefficient (Wildman–Crippen LogP) is 4.20. The molecule has 0 unspecified atom stereocenters. The van der Waals surface area contributed by atoms with E-state index in [1.54, 1.807) is 25.1 Å². The van der Waals surface area contributed by atoms with Crippen molar-refractivity contribution in [3.8, 4) is 17.2 Å². The Labute approximate surface area is 161 Å². The average Bonchev–Trinajstić information content (AvgIpc) is 2.98. The fourth-order valence-corrected chi connectivity index (χ4v) is 3.37. The molecule has 0 aliphatic rings. The molecule has 2 rings (SSSR count). The van der Waals surface area contributed by atoms with E-state index in [0.717, 1.165) is 11.3 Å². The van der Waals surface area contributed by atoms with Crippen LogP contribution in [0.2, 0.25) is 0 Å². The van der Waals surface area contributed by atoms with Gasteiger partial charge in [0, 0.05) is 5.56 Å². The summed E-state index contributed by atoms with van der Waals surface area (Å²) in [5.41, 5.74) is 0.924. The van der Waals surface area contributed by atoms with Crippen molar-refractivity contribution >= 4 is 28.2 Å². The van der Waals surface area contributed by atoms with Crippen molar-refractivity contribution in [2.45, 2.75) is 27.7 Å². The van der Waals surface area contributed by atoms with Gasteiger partial charge in [-0.15, -0.1) is 11.3 Å². The first kappa shape index (κ1) is 20.6. The van der Waals surface area contributed by atoms with Crippen molar-refractivity contribution in [3.63, 3.8) is 0 Å². The van der Waals surface area contributed by atoms with Gasteiger partial charge in [0.15, 0.2) is 11.5 Å². The number of hydrogen-bond donors (Lipinski definition) is 2. The molecule has 0 bridgehead atoms. The van der Waals surface area contributed by atoms with E-state index in [0.29, 0.717) is 53.2 Å². The number of aryl methyl sites for hydroxylation is 1. The van der Waals surface area contributed by atoms with Crippen LogP contribution >= 0.6 is 11.3 Å². The number of anilines is 1. The van der Waals surface area contributed by atoms with E-state index in [9.17, 15) is 9.59 Å². The number of hydrogen-bond acceptors (Lipinski definition) is 6. The van der Waals surface area contributed by atoms with Gasteiger partial charge < -0.3 is 24.6 Å². The Kier molecular flexibility index (Phi) is 7.06. The lowest BCUT2D eigenvalue weighted by Gasteiger charge is -2.17. The highest BCUT2D eigenvalue weighted by Crippen LogP contribution is 2.39. The Morgan fingerprint density at radius 1 is 1.00 bits per heavy atom. The van der Waals surface area contributed by atoms with Crippen molar-refractivity contribution in [1.82, 2.24) is 0 Å². The summed E-state index contributed by atoms with van der Waals surface area (Å²) in [4.78, 5) is 24.1. The number of carboxylic acid groups (broad SMARTS) is 1. The minimum absolute atomic E-state index is 0.196. The molecule has 146 valence electrons. The number of benzene rings is 1. The topological polar surface area (TPSA) is 94.1 Å². The number of thiophene rings is 1. The number of amides is 1. The molecule has 0 atom stereocenters. The Bertz CT molecular complexity index is 803. The summed E-state index contributed by atoms with van der Waals surface area (Å²) in [6.07, 6.45) is 0. The van der Waals surface area contributed by atoms with Crippen molar-refractivity contribution < 1.29 is 28.9 Å². The van der Waals surface area contributed by atoms with Gasteiger partial charge in [-0.05, 0) is 51.5 Å². The van der Waals surface area contributed by atoms with Crippen LogP contribution in [-0.4, -0.2) is 36.8 Å². The van der Waals surface area contributed by atoms with E-state index < -0.39 is 11.9 Å². The maximum atomic E-state index is 12.7. The first-order chi connectivity index (χ1) is 12.9. The second kappa shape index (κ2) is 9.27. The molecular weight excluding hydrogens is 370 g/mol. The largest absolute Gasteiger partial charge is 0.490 e. The summed E-state index contributed by atoms with van der Waals surface area (Å²) < 4.78 is 16.9. The van der Waals surface area contributed by atoms with Gasteiger partial charge in [-0.2, -0.15) is 0 Å². The first-order valence-corrected chi connectivity index (χ1v) is 9.44. The van der Waals surface area contributed by atoms with Crippen LogP contribution in [0.4, 0.5) is 5.00 Å². The highest BCUT2D eigenvalue weighted by atomic mass is 32.1. The lowest BCUT2D eigenvalue weighted by atomic mass is 10.1. The lowest BCUT2D eigenvalue weighted by Crippen LogP contribution is -2.12. The molecule has 1 heterocycles. The van der Waals surface area contributed by atoms with Gasteiger partial charge >= 0.3 is 5.97 Å². The number of aromatic carboxylic acids is 1. The van der Waals surface area contributed by atoms with Crippen molar-refractivity contribution in [2.24, 2.45) is 0 Å². The van der Waals surface area contributed by atoms with Crippen LogP contribution in [0, 0.1) is 6.92 Å². The summed E-state index contributed by atoms with van der Waals surface area (Å²) in [6.45, 7) is 8.46. The van der Waals surface area contributed by atoms with E-state index in [2.05, 4.69) is 5.32 Å². The van der Waals surface area contributed by atoms with Crippen LogP contribution < -0.4 is 19.5 Å². The SMILES string of the molecule is CCOc1cc(C(=O)Nc2cc(C)c(C(=O)O)s2)cc(OCC)c1OCC. The van der Waals surface area contributed by atoms with Crippen molar-refractivity contribution in [1.29, 1.82) is 0 Å². The minimum atomic E-state index is -1.02. The molecule has 1 aromatic carbocycles. The summed E-state index contributed by atoms with van der Waals surface area (Å²) in [5.74, 6) is -0.111. The highest BCUT2D eigenvalue weighted by molar-refractivity contribution is 7.18. The third-order valence-corrected chi connectivity index (χ3v) is 4.66. The zero-order chi connectivity index (χ0) is 20.0. The molecule has 0 aliphatic carbocycles. The molecule has 2 aromatic rings. The molecule has 0 radical (unpaired) electrons. The van der Waals surface area contributed by atoms with Crippen molar-refractivity contribution in [3.05, 3.63) is 34.2 Å². The second-order valence-corrected chi connectivity index (χ2v) is 6.53. The molecule has 2 N–H and O–H groups in total. The molecule has 0 saturated carbocycles. The zero-order valence-corrected chi connectivity index (χ0v) is 16.6. The predicted molar refractivity (Wildman–Crippen MR) is 104 cm³/mol. The van der Waals surface area contributed by atoms with Gasteiger partial charge in [0.05, 0.1) is 24.8 Å². The van der Waals surface area contributed by atoms with Crippen LogP contribution in [0.3, 0.4) is 0 Å². The number of carboxylic acids is 1. The Hall–Kier alpha value is -2.74. The van der Waals surface area contributed by atoms with Gasteiger partial charge in [0.2, 0.25) is 5.75 Å². The van der Waals surface area contributed by atoms with Gasteiger partial charge in [0.25, 0.3) is 5.91 Å². The monoisotopic (exact) mass is 393 g/mol. The summed E-state index contributed by atoms with van der Waals surface area (Å²) in [5, 5.41) is 12.3. The molecule has 8 heteroatoms. The summed E-state index contributed by atoms with van der Waals surface area (Å²) in [7, 11) is 0. The average molecular weight is 393 g/mol. The first-order valence-electron chi connectivity index (χ1n) is 8.62. The maximum Gasteiger partial charge on any atom is 0.346 e. The lowest BCUT2D eigenvalue weighted by molar-refractivity contribution is 0.0701. The van der Waals surface area contributed by atoms with E-state index in [4.69, 9.17) is 19.3 Å². The van der Waals surface area contributed by atoms with Gasteiger partial charge in [-0.3, -0.25) is 4.79 Å². The molecule has 27 heavy (non-hydrogen) atoms. The molecule has 0 fully saturated rings. The minimum Gasteiger partial charge on any atom is -0.490 e. The molecule has 1 amide bonds. The quantitative estimate of drug-likeness (QED) is 0.663. The maximum absolute atomic E-state index is 12.7. The number of carbonyl (C=O) groups is 2. The number of nitrogens with one attached hydrogen (secondary N) is 1. The number of rotatable bonds is 9. The van der Waals surface area contributed by atoms with Crippen LogP contribution in [0.5, 0.6) is 17.2 Å². The molecular formula is C19H23NO6S. The molecule has 1 aromatic heterocycles.